The quantitative estimate of drug-likeness (QED) is 0.450. The lowest BCUT2D eigenvalue weighted by Gasteiger charge is -2.21. The van der Waals surface area contributed by atoms with Gasteiger partial charge in [0.2, 0.25) is 5.91 Å². The van der Waals surface area contributed by atoms with Crippen LogP contribution >= 0.6 is 23.5 Å². The predicted octanol–water partition coefficient (Wildman–Crippen LogP) is 1.09. The zero-order valence-corrected chi connectivity index (χ0v) is 19.9. The van der Waals surface area contributed by atoms with Crippen molar-refractivity contribution in [3.63, 3.8) is 0 Å². The van der Waals surface area contributed by atoms with E-state index in [4.69, 9.17) is 5.73 Å². The molecule has 0 fully saturated rings. The molecule has 0 saturated carbocycles. The first kappa shape index (κ1) is 25.9. The zero-order valence-electron chi connectivity index (χ0n) is 18.3. The Balaban J connectivity index is 2.08. The number of nitrogens with one attached hydrogen (secondary N) is 3. The molecule has 1 aromatic rings. The number of carbonyl (C=O) groups excluding carboxylic acids is 3. The van der Waals surface area contributed by atoms with E-state index in [2.05, 4.69) is 40.2 Å². The number of hydrogen-bond acceptors (Lipinski definition) is 8. The fourth-order valence-electron chi connectivity index (χ4n) is 3.24. The fraction of sp³-hybridized carbons (Fsp3) is 0.591. The van der Waals surface area contributed by atoms with E-state index in [0.717, 1.165) is 11.5 Å². The van der Waals surface area contributed by atoms with Crippen LogP contribution in [0.15, 0.2) is 24.3 Å². The first-order valence-electron chi connectivity index (χ1n) is 10.7. The van der Waals surface area contributed by atoms with Gasteiger partial charge in [-0.2, -0.15) is 23.5 Å². The first-order chi connectivity index (χ1) is 14.9. The molecule has 31 heavy (non-hydrogen) atoms. The molecule has 7 nitrogen and oxygen atoms in total. The lowest BCUT2D eigenvalue weighted by molar-refractivity contribution is -0.121. The van der Waals surface area contributed by atoms with Gasteiger partial charge in [-0.1, -0.05) is 38.1 Å². The van der Waals surface area contributed by atoms with Crippen LogP contribution in [0, 0.1) is 0 Å². The average Bonchev–Trinajstić information content (AvgIpc) is 2.76. The Morgan fingerprint density at radius 2 is 1.74 bits per heavy atom. The van der Waals surface area contributed by atoms with Crippen molar-refractivity contribution < 1.29 is 14.4 Å². The number of benzene rings is 1. The number of thioether (sulfide) groups is 2. The van der Waals surface area contributed by atoms with Gasteiger partial charge in [-0.3, -0.25) is 25.0 Å². The normalized spacial score (nSPS) is 21.8. The highest BCUT2D eigenvalue weighted by molar-refractivity contribution is 7.98. The molecule has 0 spiro atoms. The number of amides is 1. The lowest BCUT2D eigenvalue weighted by atomic mass is 10.1. The average molecular weight is 467 g/mol. The van der Waals surface area contributed by atoms with Crippen LogP contribution in [0.1, 0.15) is 31.4 Å². The summed E-state index contributed by atoms with van der Waals surface area (Å²) in [5.41, 5.74) is 7.81. The topological polar surface area (TPSA) is 113 Å². The van der Waals surface area contributed by atoms with Crippen molar-refractivity contribution >= 4 is 41.0 Å². The molecule has 5 N–H and O–H groups in total. The Labute approximate surface area is 193 Å². The molecule has 0 aromatic heterocycles. The summed E-state index contributed by atoms with van der Waals surface area (Å²) < 4.78 is 0. The zero-order chi connectivity index (χ0) is 22.6. The van der Waals surface area contributed by atoms with Gasteiger partial charge in [-0.05, 0) is 24.1 Å². The summed E-state index contributed by atoms with van der Waals surface area (Å²) in [6.07, 6.45) is 0.520. The molecule has 172 valence electrons. The SMILES string of the molecule is CCN[C@H]1CSCc2ccc(cc2)CSC[C@@H](C(=O)CN[C@@H](CC)C(N)=O)NCC1=O. The van der Waals surface area contributed by atoms with Crippen molar-refractivity contribution in [1.82, 2.24) is 16.0 Å². The van der Waals surface area contributed by atoms with Gasteiger partial charge < -0.3 is 11.1 Å². The van der Waals surface area contributed by atoms with Crippen molar-refractivity contribution in [2.24, 2.45) is 5.73 Å². The largest absolute Gasteiger partial charge is 0.368 e. The molecule has 2 bridgehead atoms. The van der Waals surface area contributed by atoms with Gasteiger partial charge in [0.15, 0.2) is 11.6 Å². The van der Waals surface area contributed by atoms with Crippen LogP contribution < -0.4 is 21.7 Å². The fourth-order valence-corrected chi connectivity index (χ4v) is 5.41. The Morgan fingerprint density at radius 1 is 1.13 bits per heavy atom. The number of Topliss-reactive ketones (excluding diaryl/α,β-unsaturated/α-hetero) is 2. The third-order valence-electron chi connectivity index (χ3n) is 5.15. The second-order valence-corrected chi connectivity index (χ2v) is 9.63. The van der Waals surface area contributed by atoms with Gasteiger partial charge in [-0.15, -0.1) is 0 Å². The van der Waals surface area contributed by atoms with Crippen molar-refractivity contribution in [2.75, 3.05) is 31.1 Å². The van der Waals surface area contributed by atoms with Gasteiger partial charge >= 0.3 is 0 Å². The van der Waals surface area contributed by atoms with Crippen molar-refractivity contribution in [3.05, 3.63) is 35.4 Å². The minimum atomic E-state index is -0.533. The van der Waals surface area contributed by atoms with Crippen LogP contribution in [0.4, 0.5) is 0 Å². The van der Waals surface area contributed by atoms with Crippen LogP contribution in [0.3, 0.4) is 0 Å². The Hall–Kier alpha value is -1.39. The molecule has 2 aliphatic heterocycles. The number of fused-ring (bicyclic) bond motifs is 12. The van der Waals surface area contributed by atoms with Crippen LogP contribution in [0.25, 0.3) is 0 Å². The molecular weight excluding hydrogens is 432 g/mol. The molecule has 3 atom stereocenters. The number of primary amides is 1. The number of ketones is 2. The maximum absolute atomic E-state index is 12.8. The summed E-state index contributed by atoms with van der Waals surface area (Å²) >= 11 is 3.39. The van der Waals surface area contributed by atoms with E-state index in [0.29, 0.717) is 24.5 Å². The van der Waals surface area contributed by atoms with E-state index in [-0.39, 0.29) is 30.7 Å². The van der Waals surface area contributed by atoms with E-state index in [1.54, 1.807) is 23.5 Å². The summed E-state index contributed by atoms with van der Waals surface area (Å²) in [4.78, 5) is 37.1. The number of nitrogens with two attached hydrogens (primary N) is 1. The van der Waals surface area contributed by atoms with Crippen molar-refractivity contribution in [2.45, 2.75) is 49.9 Å². The van der Waals surface area contributed by atoms with E-state index >= 15 is 0 Å². The van der Waals surface area contributed by atoms with Gasteiger partial charge in [0, 0.05) is 23.0 Å². The molecule has 1 aromatic carbocycles. The van der Waals surface area contributed by atoms with Gasteiger partial charge in [0.1, 0.15) is 0 Å². The third-order valence-corrected chi connectivity index (χ3v) is 7.37. The molecule has 1 amide bonds. The molecule has 0 aliphatic carbocycles. The molecule has 0 unspecified atom stereocenters. The highest BCUT2D eigenvalue weighted by atomic mass is 32.2. The highest BCUT2D eigenvalue weighted by Crippen LogP contribution is 2.18. The summed E-state index contributed by atoms with van der Waals surface area (Å²) in [5, 5.41) is 9.37. The summed E-state index contributed by atoms with van der Waals surface area (Å²) in [6.45, 7) is 4.70. The second-order valence-electron chi connectivity index (χ2n) is 7.57. The first-order valence-corrected chi connectivity index (χ1v) is 13.0. The molecule has 0 radical (unpaired) electrons. The maximum Gasteiger partial charge on any atom is 0.234 e. The van der Waals surface area contributed by atoms with E-state index in [9.17, 15) is 14.4 Å². The highest BCUT2D eigenvalue weighted by Gasteiger charge is 2.24. The van der Waals surface area contributed by atoms with Crippen LogP contribution in [0.5, 0.6) is 0 Å². The lowest BCUT2D eigenvalue weighted by Crippen LogP contribution is -2.51. The third kappa shape index (κ3) is 8.94. The van der Waals surface area contributed by atoms with Gasteiger partial charge in [0.25, 0.3) is 0 Å². The number of hydrogen-bond donors (Lipinski definition) is 4. The minimum absolute atomic E-state index is 0.0368. The van der Waals surface area contributed by atoms with Crippen molar-refractivity contribution in [1.29, 1.82) is 0 Å². The molecule has 3 rings (SSSR count). The number of rotatable bonds is 8. The molecule has 2 aliphatic rings. The smallest absolute Gasteiger partial charge is 0.234 e. The molecule has 0 saturated heterocycles. The van der Waals surface area contributed by atoms with Crippen molar-refractivity contribution in [3.8, 4) is 0 Å². The van der Waals surface area contributed by atoms with Gasteiger partial charge in [0.05, 0.1) is 31.2 Å². The Morgan fingerprint density at radius 3 is 2.29 bits per heavy atom. The van der Waals surface area contributed by atoms with E-state index in [1.807, 2.05) is 13.8 Å². The summed E-state index contributed by atoms with van der Waals surface area (Å²) in [7, 11) is 0. The van der Waals surface area contributed by atoms with Crippen LogP contribution in [-0.2, 0) is 25.9 Å². The standard InChI is InChI=1S/C22H34N4O3S2/c1-3-17(22(23)29)25-9-21(28)19-14-31-12-16-7-5-15(6-8-16)11-30-13-18(24-4-2)20(27)10-26-19/h5-8,17-19,24-26H,3-4,9-14H2,1-2H3,(H2,23,29)/t17-,18-,19-/m0/s1. The second kappa shape index (κ2) is 13.9. The maximum atomic E-state index is 12.8. The predicted molar refractivity (Wildman–Crippen MR) is 129 cm³/mol. The number of carbonyl (C=O) groups is 3. The monoisotopic (exact) mass is 466 g/mol. The van der Waals surface area contributed by atoms with Crippen LogP contribution in [0.2, 0.25) is 0 Å². The Bertz CT molecular complexity index is 730. The van der Waals surface area contributed by atoms with Gasteiger partial charge in [-0.25, -0.2) is 0 Å². The van der Waals surface area contributed by atoms with E-state index in [1.165, 1.54) is 11.1 Å². The van der Waals surface area contributed by atoms with Crippen LogP contribution in [-0.4, -0.2) is 66.7 Å². The molecule has 9 heteroatoms. The van der Waals surface area contributed by atoms with E-state index < -0.39 is 18.0 Å². The minimum Gasteiger partial charge on any atom is -0.368 e. The summed E-state index contributed by atoms with van der Waals surface area (Å²) in [5.74, 6) is 2.39. The molecule has 2 heterocycles. The Kier molecular flexibility index (Phi) is 11.6. The number of likely N-dealkylation sites (N-methyl/N-ethyl adjacent to an activating group) is 1. The summed E-state index contributed by atoms with van der Waals surface area (Å²) in [6, 6.07) is 7.24. The molecular formula is C22H34N4O3S2.